The van der Waals surface area contributed by atoms with Crippen LogP contribution in [0.25, 0.3) is 0 Å². The molecule has 2 aliphatic rings. The van der Waals surface area contributed by atoms with Crippen molar-refractivity contribution in [3.63, 3.8) is 0 Å². The van der Waals surface area contributed by atoms with Gasteiger partial charge in [-0.3, -0.25) is 4.98 Å². The molecule has 0 aliphatic carbocycles. The molecule has 0 aromatic carbocycles. The van der Waals surface area contributed by atoms with E-state index in [1.54, 1.807) is 12.4 Å². The zero-order valence-electron chi connectivity index (χ0n) is 15.9. The number of likely N-dealkylation sites (tertiary alicyclic amines) is 1. The summed E-state index contributed by atoms with van der Waals surface area (Å²) >= 11 is 0. The second kappa shape index (κ2) is 9.88. The lowest BCUT2D eigenvalue weighted by molar-refractivity contribution is 0.0792. The zero-order valence-corrected chi connectivity index (χ0v) is 15.9. The van der Waals surface area contributed by atoms with Crippen molar-refractivity contribution in [3.8, 4) is 0 Å². The molecule has 2 amide bonds. The fourth-order valence-electron chi connectivity index (χ4n) is 3.68. The van der Waals surface area contributed by atoms with Crippen LogP contribution in [0, 0.1) is 5.92 Å². The summed E-state index contributed by atoms with van der Waals surface area (Å²) in [6, 6.07) is 3.93. The van der Waals surface area contributed by atoms with E-state index in [2.05, 4.69) is 22.1 Å². The second-order valence-electron chi connectivity index (χ2n) is 7.63. The van der Waals surface area contributed by atoms with Gasteiger partial charge in [0.1, 0.15) is 0 Å². The highest BCUT2D eigenvalue weighted by Gasteiger charge is 2.23. The number of piperidine rings is 1. The molecule has 2 fully saturated rings. The third-order valence-electron chi connectivity index (χ3n) is 5.44. The highest BCUT2D eigenvalue weighted by molar-refractivity contribution is 5.74. The SMILES string of the molecule is CC1CCN(CCNC(=O)N(Cc2ccncc2)C[C@@H]2CCCO2)CC1. The van der Waals surface area contributed by atoms with Gasteiger partial charge in [-0.15, -0.1) is 0 Å². The van der Waals surface area contributed by atoms with Crippen molar-refractivity contribution in [3.05, 3.63) is 30.1 Å². The van der Waals surface area contributed by atoms with E-state index in [0.29, 0.717) is 19.6 Å². The molecule has 3 heterocycles. The Morgan fingerprint density at radius 2 is 2.08 bits per heavy atom. The van der Waals surface area contributed by atoms with E-state index in [4.69, 9.17) is 4.74 Å². The summed E-state index contributed by atoms with van der Waals surface area (Å²) in [5, 5.41) is 3.11. The van der Waals surface area contributed by atoms with Crippen molar-refractivity contribution in [1.29, 1.82) is 0 Å². The Morgan fingerprint density at radius 3 is 2.77 bits per heavy atom. The molecule has 1 aromatic heterocycles. The largest absolute Gasteiger partial charge is 0.376 e. The normalized spacial score (nSPS) is 21.7. The number of nitrogens with one attached hydrogen (secondary N) is 1. The van der Waals surface area contributed by atoms with Crippen molar-refractivity contribution < 1.29 is 9.53 Å². The lowest BCUT2D eigenvalue weighted by Gasteiger charge is -2.31. The number of nitrogens with zero attached hydrogens (tertiary/aromatic N) is 3. The molecule has 0 radical (unpaired) electrons. The van der Waals surface area contributed by atoms with Crippen molar-refractivity contribution in [2.24, 2.45) is 5.92 Å². The van der Waals surface area contributed by atoms with Gasteiger partial charge in [0, 0.05) is 45.2 Å². The predicted molar refractivity (Wildman–Crippen MR) is 102 cm³/mol. The Bertz CT molecular complexity index is 540. The van der Waals surface area contributed by atoms with Gasteiger partial charge in [-0.25, -0.2) is 4.79 Å². The molecule has 26 heavy (non-hydrogen) atoms. The number of amides is 2. The molecule has 1 atom stereocenters. The summed E-state index contributed by atoms with van der Waals surface area (Å²) in [7, 11) is 0. The first-order valence-corrected chi connectivity index (χ1v) is 9.96. The summed E-state index contributed by atoms with van der Waals surface area (Å²) in [5.74, 6) is 0.836. The van der Waals surface area contributed by atoms with E-state index >= 15 is 0 Å². The zero-order chi connectivity index (χ0) is 18.2. The minimum absolute atomic E-state index is 0.00249. The lowest BCUT2D eigenvalue weighted by atomic mass is 9.99. The number of hydrogen-bond donors (Lipinski definition) is 1. The predicted octanol–water partition coefficient (Wildman–Crippen LogP) is 2.50. The number of carbonyl (C=O) groups is 1. The Balaban J connectivity index is 1.48. The number of ether oxygens (including phenoxy) is 1. The van der Waals surface area contributed by atoms with Crippen molar-refractivity contribution in [2.75, 3.05) is 39.3 Å². The summed E-state index contributed by atoms with van der Waals surface area (Å²) in [5.41, 5.74) is 1.10. The summed E-state index contributed by atoms with van der Waals surface area (Å²) < 4.78 is 5.74. The van der Waals surface area contributed by atoms with Gasteiger partial charge in [-0.2, -0.15) is 0 Å². The molecule has 6 nitrogen and oxygen atoms in total. The minimum atomic E-state index is 0.00249. The highest BCUT2D eigenvalue weighted by atomic mass is 16.5. The smallest absolute Gasteiger partial charge is 0.317 e. The molecular formula is C20H32N4O2. The van der Waals surface area contributed by atoms with Gasteiger partial charge in [0.25, 0.3) is 0 Å². The molecule has 3 rings (SSSR count). The van der Waals surface area contributed by atoms with Crippen LogP contribution in [0.1, 0.15) is 38.2 Å². The standard InChI is InChI=1S/C20H32N4O2/c1-17-6-11-23(12-7-17)13-10-22-20(25)24(16-19-3-2-14-26-19)15-18-4-8-21-9-5-18/h4-5,8-9,17,19H,2-3,6-7,10-16H2,1H3,(H,22,25)/t19-/m0/s1. The van der Waals surface area contributed by atoms with E-state index in [-0.39, 0.29) is 12.1 Å². The van der Waals surface area contributed by atoms with E-state index in [9.17, 15) is 4.79 Å². The maximum Gasteiger partial charge on any atom is 0.317 e. The maximum atomic E-state index is 12.8. The number of urea groups is 1. The average Bonchev–Trinajstić information content (AvgIpc) is 3.17. The molecule has 6 heteroatoms. The lowest BCUT2D eigenvalue weighted by Crippen LogP contribution is -2.46. The molecule has 0 bridgehead atoms. The van der Waals surface area contributed by atoms with Gasteiger partial charge < -0.3 is 19.9 Å². The van der Waals surface area contributed by atoms with Gasteiger partial charge in [0.05, 0.1) is 6.10 Å². The first kappa shape index (κ1) is 19.1. The molecular weight excluding hydrogens is 328 g/mol. The molecule has 1 aromatic rings. The molecule has 1 N–H and O–H groups in total. The summed E-state index contributed by atoms with van der Waals surface area (Å²) in [6.07, 6.45) is 8.35. The number of hydrogen-bond acceptors (Lipinski definition) is 4. The number of carbonyl (C=O) groups excluding carboxylic acids is 1. The van der Waals surface area contributed by atoms with Crippen LogP contribution >= 0.6 is 0 Å². The monoisotopic (exact) mass is 360 g/mol. The van der Waals surface area contributed by atoms with Gasteiger partial charge in [-0.05, 0) is 62.4 Å². The molecule has 0 saturated carbocycles. The number of rotatable bonds is 7. The Hall–Kier alpha value is -1.66. The van der Waals surface area contributed by atoms with Crippen LogP contribution in [0.2, 0.25) is 0 Å². The van der Waals surface area contributed by atoms with Crippen LogP contribution in [-0.2, 0) is 11.3 Å². The van der Waals surface area contributed by atoms with Crippen LogP contribution in [0.15, 0.2) is 24.5 Å². The van der Waals surface area contributed by atoms with Crippen LogP contribution in [0.5, 0.6) is 0 Å². The fourth-order valence-corrected chi connectivity index (χ4v) is 3.68. The second-order valence-corrected chi connectivity index (χ2v) is 7.63. The van der Waals surface area contributed by atoms with Crippen molar-refractivity contribution in [2.45, 2.75) is 45.3 Å². The number of aromatic nitrogens is 1. The molecule has 144 valence electrons. The Labute approximate surface area is 156 Å². The molecule has 2 saturated heterocycles. The Kier molecular flexibility index (Phi) is 7.26. The van der Waals surface area contributed by atoms with Crippen LogP contribution in [-0.4, -0.2) is 66.2 Å². The van der Waals surface area contributed by atoms with E-state index in [1.807, 2.05) is 17.0 Å². The summed E-state index contributed by atoms with van der Waals surface area (Å²) in [4.78, 5) is 21.1. The Morgan fingerprint density at radius 1 is 1.31 bits per heavy atom. The minimum Gasteiger partial charge on any atom is -0.376 e. The van der Waals surface area contributed by atoms with Crippen LogP contribution in [0.3, 0.4) is 0 Å². The fraction of sp³-hybridized carbons (Fsp3) is 0.700. The topological polar surface area (TPSA) is 57.7 Å². The van der Waals surface area contributed by atoms with Crippen molar-refractivity contribution in [1.82, 2.24) is 20.1 Å². The highest BCUT2D eigenvalue weighted by Crippen LogP contribution is 2.16. The van der Waals surface area contributed by atoms with Gasteiger partial charge in [0.2, 0.25) is 0 Å². The first-order valence-electron chi connectivity index (χ1n) is 9.96. The average molecular weight is 361 g/mol. The van der Waals surface area contributed by atoms with E-state index in [1.165, 1.54) is 12.8 Å². The van der Waals surface area contributed by atoms with Gasteiger partial charge in [0.15, 0.2) is 0 Å². The van der Waals surface area contributed by atoms with E-state index < -0.39 is 0 Å². The molecule has 0 spiro atoms. The first-order chi connectivity index (χ1) is 12.7. The summed E-state index contributed by atoms with van der Waals surface area (Å²) in [6.45, 7) is 8.29. The third-order valence-corrected chi connectivity index (χ3v) is 5.44. The maximum absolute atomic E-state index is 12.8. The third kappa shape index (κ3) is 5.95. The van der Waals surface area contributed by atoms with Crippen LogP contribution in [0.4, 0.5) is 4.79 Å². The van der Waals surface area contributed by atoms with Crippen molar-refractivity contribution >= 4 is 6.03 Å². The molecule has 0 unspecified atom stereocenters. The molecule has 2 aliphatic heterocycles. The van der Waals surface area contributed by atoms with Crippen LogP contribution < -0.4 is 5.32 Å². The number of pyridine rings is 1. The van der Waals surface area contributed by atoms with Gasteiger partial charge >= 0.3 is 6.03 Å². The van der Waals surface area contributed by atoms with Gasteiger partial charge in [-0.1, -0.05) is 6.92 Å². The van der Waals surface area contributed by atoms with E-state index in [0.717, 1.165) is 50.6 Å². The quantitative estimate of drug-likeness (QED) is 0.812.